The summed E-state index contributed by atoms with van der Waals surface area (Å²) in [6.45, 7) is 42.9. The van der Waals surface area contributed by atoms with Crippen LogP contribution in [0.4, 0.5) is 0 Å². The zero-order valence-electron chi connectivity index (χ0n) is 36.4. The maximum absolute atomic E-state index is 10.2. The smallest absolute Gasteiger partial charge is 0.118 e. The monoisotopic (exact) mass is 723 g/mol. The zero-order chi connectivity index (χ0) is 40.4. The maximum atomic E-state index is 10.2. The molecule has 0 saturated heterocycles. The normalized spacial score (nSPS) is 15.0. The third-order valence-electron chi connectivity index (χ3n) is 8.48. The van der Waals surface area contributed by atoms with Gasteiger partial charge in [0.2, 0.25) is 0 Å². The van der Waals surface area contributed by atoms with Crippen LogP contribution in [0.15, 0.2) is 12.2 Å². The summed E-state index contributed by atoms with van der Waals surface area (Å²) in [6.07, 6.45) is 4.02. The Balaban J connectivity index is -0.000000209. The highest BCUT2D eigenvalue weighted by atomic mass is 16.3. The quantitative estimate of drug-likeness (QED) is 0.181. The van der Waals surface area contributed by atoms with Crippen molar-refractivity contribution in [2.75, 3.05) is 0 Å². The Morgan fingerprint density at radius 3 is 1.08 bits per heavy atom. The van der Waals surface area contributed by atoms with Gasteiger partial charge in [-0.15, -0.1) is 17.8 Å². The molecule has 0 aliphatic rings. The van der Waals surface area contributed by atoms with Crippen LogP contribution in [-0.4, -0.2) is 33.6 Å². The number of hydrogen-bond acceptors (Lipinski definition) is 3. The molecule has 0 aromatic heterocycles. The lowest BCUT2D eigenvalue weighted by Crippen LogP contribution is -2.30. The van der Waals surface area contributed by atoms with Gasteiger partial charge in [0.1, 0.15) is 12.2 Å². The SMILES string of the molecule is C.C.CC#CC(C)(C)C(C)[C@H](O)C#CC(C)(C)C.CCC#CC(C)(C)C(C)[C@H](O)/C=C/C(C)(C)C.CCC#CC(C)(C)C(C)[C@H](O)C#CC(C)(C)C. The van der Waals surface area contributed by atoms with E-state index in [0.29, 0.717) is 0 Å². The molecule has 0 bridgehead atoms. The van der Waals surface area contributed by atoms with E-state index >= 15 is 0 Å². The summed E-state index contributed by atoms with van der Waals surface area (Å²) >= 11 is 0. The molecule has 0 aromatic rings. The highest BCUT2D eigenvalue weighted by Crippen LogP contribution is 2.31. The summed E-state index contributed by atoms with van der Waals surface area (Å²) in [4.78, 5) is 0. The first-order valence-corrected chi connectivity index (χ1v) is 18.5. The van der Waals surface area contributed by atoms with Crippen molar-refractivity contribution in [2.24, 2.45) is 50.2 Å². The molecule has 3 N–H and O–H groups in total. The number of allylic oxidation sites excluding steroid dienone is 1. The van der Waals surface area contributed by atoms with Crippen molar-refractivity contribution in [3.05, 3.63) is 12.2 Å². The van der Waals surface area contributed by atoms with Crippen molar-refractivity contribution in [1.82, 2.24) is 0 Å². The fraction of sp³-hybridized carbons (Fsp3) is 0.755. The van der Waals surface area contributed by atoms with E-state index in [1.54, 1.807) is 0 Å². The highest BCUT2D eigenvalue weighted by molar-refractivity contribution is 5.18. The molecular formula is C49H86O3. The molecule has 0 heterocycles. The lowest BCUT2D eigenvalue weighted by molar-refractivity contribution is 0.108. The van der Waals surface area contributed by atoms with Crippen LogP contribution in [0, 0.1) is 109 Å². The van der Waals surface area contributed by atoms with Gasteiger partial charge in [0.15, 0.2) is 0 Å². The standard InChI is InChI=1S/C16H28O.C16H26O.C15H24O.2CH4/c2*1-8-9-11-16(6,7)13(2)14(17)10-12-15(3,4)5;1-8-10-15(6,7)12(2)13(16)9-11-14(3,4)5;;/h10,12-14,17H,8H2,1-7H3;13-14,17H,8H2,1-7H3;12-13,16H,1-7H3;2*1H4/b12-10+;;;;/t2*13?,14-;12?,13-;;/m111../s1. The molecule has 3 heteroatoms. The van der Waals surface area contributed by atoms with Crippen LogP contribution in [0.5, 0.6) is 0 Å². The first-order valence-electron chi connectivity index (χ1n) is 18.5. The number of aliphatic hydroxyl groups excluding tert-OH is 3. The second-order valence-electron chi connectivity index (χ2n) is 18.4. The number of hydrogen-bond donors (Lipinski definition) is 3. The zero-order valence-corrected chi connectivity index (χ0v) is 36.4. The van der Waals surface area contributed by atoms with E-state index < -0.39 is 18.3 Å². The number of rotatable bonds is 7. The van der Waals surface area contributed by atoms with Crippen molar-refractivity contribution >= 4 is 0 Å². The molecule has 0 amide bonds. The van der Waals surface area contributed by atoms with Gasteiger partial charge in [0.05, 0.1) is 6.10 Å². The van der Waals surface area contributed by atoms with E-state index in [9.17, 15) is 15.3 Å². The fourth-order valence-corrected chi connectivity index (χ4v) is 3.90. The minimum absolute atomic E-state index is 0. The van der Waals surface area contributed by atoms with Crippen LogP contribution in [-0.2, 0) is 0 Å². The lowest BCUT2D eigenvalue weighted by atomic mass is 9.77. The largest absolute Gasteiger partial charge is 0.389 e. The fourth-order valence-electron chi connectivity index (χ4n) is 3.90. The van der Waals surface area contributed by atoms with E-state index in [1.165, 1.54) is 0 Å². The van der Waals surface area contributed by atoms with Gasteiger partial charge in [-0.3, -0.25) is 0 Å². The molecule has 0 saturated carbocycles. The van der Waals surface area contributed by atoms with Gasteiger partial charge in [-0.2, -0.15) is 0 Å². The molecule has 3 nitrogen and oxygen atoms in total. The van der Waals surface area contributed by atoms with Gasteiger partial charge < -0.3 is 15.3 Å². The summed E-state index contributed by atoms with van der Waals surface area (Å²) in [7, 11) is 0. The van der Waals surface area contributed by atoms with Crippen molar-refractivity contribution in [1.29, 1.82) is 0 Å². The molecule has 3 unspecified atom stereocenters. The Labute approximate surface area is 327 Å². The molecule has 6 atom stereocenters. The Bertz CT molecular complexity index is 1330. The molecule has 0 fully saturated rings. The first-order chi connectivity index (χ1) is 22.3. The summed E-state index contributed by atoms with van der Waals surface area (Å²) in [5, 5.41) is 30.2. The van der Waals surface area contributed by atoms with E-state index in [1.807, 2.05) is 96.1 Å². The number of aliphatic hydroxyl groups is 3. The molecule has 0 aliphatic heterocycles. The van der Waals surface area contributed by atoms with Gasteiger partial charge in [0.25, 0.3) is 0 Å². The minimum atomic E-state index is -0.616. The Hall–Kier alpha value is -2.58. The molecular weight excluding hydrogens is 637 g/mol. The van der Waals surface area contributed by atoms with E-state index in [0.717, 1.165) is 12.8 Å². The summed E-state index contributed by atoms with van der Waals surface area (Å²) < 4.78 is 0. The first kappa shape index (κ1) is 58.7. The lowest BCUT2D eigenvalue weighted by Gasteiger charge is -2.29. The highest BCUT2D eigenvalue weighted by Gasteiger charge is 2.30. The Morgan fingerprint density at radius 2 is 0.808 bits per heavy atom. The van der Waals surface area contributed by atoms with Gasteiger partial charge in [0, 0.05) is 57.7 Å². The molecule has 0 rings (SSSR count). The van der Waals surface area contributed by atoms with Crippen molar-refractivity contribution < 1.29 is 15.3 Å². The van der Waals surface area contributed by atoms with Gasteiger partial charge in [-0.1, -0.05) is 124 Å². The predicted molar refractivity (Wildman–Crippen MR) is 233 cm³/mol. The second kappa shape index (κ2) is 25.4. The summed E-state index contributed by atoms with van der Waals surface area (Å²) in [5.74, 6) is 30.9. The second-order valence-corrected chi connectivity index (χ2v) is 18.4. The third kappa shape index (κ3) is 28.9. The molecule has 0 aromatic carbocycles. The van der Waals surface area contributed by atoms with Crippen LogP contribution >= 0.6 is 0 Å². The third-order valence-corrected chi connectivity index (χ3v) is 8.48. The van der Waals surface area contributed by atoms with Crippen LogP contribution in [0.3, 0.4) is 0 Å². The molecule has 0 radical (unpaired) electrons. The summed E-state index contributed by atoms with van der Waals surface area (Å²) in [6, 6.07) is 0. The van der Waals surface area contributed by atoms with Crippen molar-refractivity contribution in [3.8, 4) is 59.2 Å². The topological polar surface area (TPSA) is 60.7 Å². The van der Waals surface area contributed by atoms with E-state index in [-0.39, 0.29) is 65.1 Å². The average Bonchev–Trinajstić information content (AvgIpc) is 2.97. The van der Waals surface area contributed by atoms with Gasteiger partial charge in [-0.05, 0) is 95.4 Å². The molecule has 300 valence electrons. The van der Waals surface area contributed by atoms with Crippen LogP contribution < -0.4 is 0 Å². The van der Waals surface area contributed by atoms with Crippen LogP contribution in [0.2, 0.25) is 0 Å². The molecule has 0 aliphatic carbocycles. The maximum Gasteiger partial charge on any atom is 0.118 e. The Morgan fingerprint density at radius 1 is 0.500 bits per heavy atom. The van der Waals surface area contributed by atoms with Crippen LogP contribution in [0.25, 0.3) is 0 Å². The summed E-state index contributed by atoms with van der Waals surface area (Å²) in [5.41, 5.74) is -0.596. The van der Waals surface area contributed by atoms with E-state index in [4.69, 9.17) is 0 Å². The Kier molecular flexibility index (Phi) is 28.7. The van der Waals surface area contributed by atoms with Crippen molar-refractivity contribution in [3.63, 3.8) is 0 Å². The average molecular weight is 723 g/mol. The van der Waals surface area contributed by atoms with Gasteiger partial charge >= 0.3 is 0 Å². The van der Waals surface area contributed by atoms with Gasteiger partial charge in [-0.25, -0.2) is 0 Å². The predicted octanol–water partition coefficient (Wildman–Crippen LogP) is 11.9. The molecule has 0 spiro atoms. The van der Waals surface area contributed by atoms with Crippen LogP contribution in [0.1, 0.15) is 173 Å². The van der Waals surface area contributed by atoms with E-state index in [2.05, 4.69) is 121 Å². The van der Waals surface area contributed by atoms with Crippen molar-refractivity contribution in [2.45, 2.75) is 191 Å². The minimum Gasteiger partial charge on any atom is -0.389 e. The molecule has 52 heavy (non-hydrogen) atoms.